The summed E-state index contributed by atoms with van der Waals surface area (Å²) in [6.45, 7) is 2.78. The van der Waals surface area contributed by atoms with Gasteiger partial charge in [-0.25, -0.2) is 4.98 Å². The molecule has 0 radical (unpaired) electrons. The lowest BCUT2D eigenvalue weighted by molar-refractivity contribution is 0.267. The van der Waals surface area contributed by atoms with Crippen LogP contribution in [-0.4, -0.2) is 16.0 Å². The minimum Gasteiger partial charge on any atom is -0.490 e. The van der Waals surface area contributed by atoms with Crippen LogP contribution in [0.2, 0.25) is 0 Å². The molecule has 0 aliphatic rings. The molecule has 1 aromatic carbocycles. The van der Waals surface area contributed by atoms with E-state index in [-0.39, 0.29) is 0 Å². The molecule has 0 bridgehead atoms. The Morgan fingerprint density at radius 2 is 2.24 bits per heavy atom. The number of ether oxygens (including phenoxy) is 2. The lowest BCUT2D eigenvalue weighted by Gasteiger charge is -2.11. The minimum absolute atomic E-state index is 0.361. The topological polar surface area (TPSA) is 59.5 Å². The van der Waals surface area contributed by atoms with Crippen LogP contribution in [0.15, 0.2) is 36.0 Å². The summed E-state index contributed by atoms with van der Waals surface area (Å²) >= 11 is 1.58. The van der Waals surface area contributed by atoms with Crippen molar-refractivity contribution < 1.29 is 9.47 Å². The summed E-state index contributed by atoms with van der Waals surface area (Å²) in [6.07, 6.45) is 3.90. The first-order valence-corrected chi connectivity index (χ1v) is 7.39. The van der Waals surface area contributed by atoms with Gasteiger partial charge >= 0.3 is 0 Å². The van der Waals surface area contributed by atoms with Crippen LogP contribution in [0.3, 0.4) is 0 Å². The van der Waals surface area contributed by atoms with Crippen molar-refractivity contribution in [3.63, 3.8) is 0 Å². The van der Waals surface area contributed by atoms with Gasteiger partial charge in [-0.05, 0) is 19.1 Å². The van der Waals surface area contributed by atoms with Crippen molar-refractivity contribution in [3.05, 3.63) is 47.2 Å². The van der Waals surface area contributed by atoms with Crippen molar-refractivity contribution in [1.82, 2.24) is 9.38 Å². The van der Waals surface area contributed by atoms with E-state index >= 15 is 0 Å². The van der Waals surface area contributed by atoms with E-state index in [0.29, 0.717) is 30.3 Å². The van der Waals surface area contributed by atoms with Crippen LogP contribution in [0.5, 0.6) is 11.5 Å². The van der Waals surface area contributed by atoms with Gasteiger partial charge in [0.1, 0.15) is 6.61 Å². The van der Waals surface area contributed by atoms with E-state index in [0.717, 1.165) is 10.7 Å². The number of nitrogens with zero attached hydrogens (tertiary/aromatic N) is 3. The molecular formula is C15H13N3O2S. The first kappa shape index (κ1) is 13.5. The number of nitriles is 1. The number of hydrogen-bond acceptors (Lipinski definition) is 5. The Morgan fingerprint density at radius 3 is 3.00 bits per heavy atom. The van der Waals surface area contributed by atoms with Crippen molar-refractivity contribution in [3.8, 4) is 17.6 Å². The molecule has 106 valence electrons. The van der Waals surface area contributed by atoms with Gasteiger partial charge in [-0.2, -0.15) is 5.26 Å². The average Bonchev–Trinajstić information content (AvgIpc) is 3.07. The summed E-state index contributed by atoms with van der Waals surface area (Å²) in [7, 11) is 0. The first-order chi connectivity index (χ1) is 10.3. The molecule has 2 heterocycles. The third-order valence-electron chi connectivity index (χ3n) is 2.89. The molecule has 0 aliphatic carbocycles. The number of imidazole rings is 1. The highest BCUT2D eigenvalue weighted by Gasteiger charge is 2.08. The summed E-state index contributed by atoms with van der Waals surface area (Å²) in [5.74, 6) is 1.20. The molecule has 0 saturated carbocycles. The van der Waals surface area contributed by atoms with Crippen molar-refractivity contribution in [2.24, 2.45) is 0 Å². The standard InChI is InChI=1S/C15H13N3O2S/c1-2-19-14-7-11(8-16)3-4-13(14)20-10-12-9-18-5-6-21-15(18)17-12/h3-7,9H,2,10H2,1H3. The predicted octanol–water partition coefficient (Wildman–Crippen LogP) is 3.25. The zero-order chi connectivity index (χ0) is 14.7. The largest absolute Gasteiger partial charge is 0.490 e. The molecule has 6 heteroatoms. The van der Waals surface area contributed by atoms with Crippen LogP contribution in [0.25, 0.3) is 4.96 Å². The highest BCUT2D eigenvalue weighted by Crippen LogP contribution is 2.29. The molecule has 3 rings (SSSR count). The molecule has 0 aliphatic heterocycles. The van der Waals surface area contributed by atoms with E-state index in [1.165, 1.54) is 0 Å². The summed E-state index contributed by atoms with van der Waals surface area (Å²) in [5, 5.41) is 10.9. The van der Waals surface area contributed by atoms with Gasteiger partial charge in [0.05, 0.1) is 23.9 Å². The maximum Gasteiger partial charge on any atom is 0.193 e. The molecule has 21 heavy (non-hydrogen) atoms. The predicted molar refractivity (Wildman–Crippen MR) is 79.7 cm³/mol. The van der Waals surface area contributed by atoms with Gasteiger partial charge in [-0.3, -0.25) is 4.40 Å². The molecule has 0 unspecified atom stereocenters. The molecular weight excluding hydrogens is 286 g/mol. The number of thiazole rings is 1. The fraction of sp³-hybridized carbons (Fsp3) is 0.200. The van der Waals surface area contributed by atoms with E-state index in [2.05, 4.69) is 11.1 Å². The first-order valence-electron chi connectivity index (χ1n) is 6.51. The van der Waals surface area contributed by atoms with E-state index in [9.17, 15) is 0 Å². The summed E-state index contributed by atoms with van der Waals surface area (Å²) in [6, 6.07) is 7.24. The maximum absolute atomic E-state index is 8.93. The Kier molecular flexibility index (Phi) is 3.75. The third-order valence-corrected chi connectivity index (χ3v) is 3.66. The Hall–Kier alpha value is -2.52. The van der Waals surface area contributed by atoms with Crippen LogP contribution in [0.4, 0.5) is 0 Å². The summed E-state index contributed by atoms with van der Waals surface area (Å²) in [4.78, 5) is 5.40. The van der Waals surface area contributed by atoms with E-state index in [4.69, 9.17) is 14.7 Å². The van der Waals surface area contributed by atoms with Gasteiger partial charge in [-0.1, -0.05) is 0 Å². The molecule has 5 nitrogen and oxygen atoms in total. The van der Waals surface area contributed by atoms with Crippen LogP contribution in [0.1, 0.15) is 18.2 Å². The van der Waals surface area contributed by atoms with Gasteiger partial charge in [0.15, 0.2) is 16.5 Å². The number of hydrogen-bond donors (Lipinski definition) is 0. The summed E-state index contributed by atoms with van der Waals surface area (Å²) in [5.41, 5.74) is 1.40. The van der Waals surface area contributed by atoms with Crippen LogP contribution < -0.4 is 9.47 Å². The highest BCUT2D eigenvalue weighted by atomic mass is 32.1. The number of aromatic nitrogens is 2. The number of rotatable bonds is 5. The third kappa shape index (κ3) is 2.83. The Labute approximate surface area is 126 Å². The van der Waals surface area contributed by atoms with Crippen molar-refractivity contribution in [2.45, 2.75) is 13.5 Å². The quantitative estimate of drug-likeness (QED) is 0.725. The smallest absolute Gasteiger partial charge is 0.193 e. The van der Waals surface area contributed by atoms with E-state index in [1.54, 1.807) is 29.5 Å². The average molecular weight is 299 g/mol. The fourth-order valence-corrected chi connectivity index (χ4v) is 2.68. The zero-order valence-corrected chi connectivity index (χ0v) is 12.3. The second kappa shape index (κ2) is 5.85. The Bertz CT molecular complexity index is 772. The van der Waals surface area contributed by atoms with Crippen LogP contribution in [0, 0.1) is 11.3 Å². The Morgan fingerprint density at radius 1 is 1.33 bits per heavy atom. The van der Waals surface area contributed by atoms with Crippen molar-refractivity contribution >= 4 is 16.3 Å². The highest BCUT2D eigenvalue weighted by molar-refractivity contribution is 7.15. The lowest BCUT2D eigenvalue weighted by Crippen LogP contribution is -2.00. The molecule has 0 N–H and O–H groups in total. The fourth-order valence-electron chi connectivity index (χ4n) is 1.96. The normalized spacial score (nSPS) is 10.5. The number of fused-ring (bicyclic) bond motifs is 1. The van der Waals surface area contributed by atoms with E-state index in [1.807, 2.05) is 29.1 Å². The molecule has 0 atom stereocenters. The molecule has 0 spiro atoms. The zero-order valence-electron chi connectivity index (χ0n) is 11.4. The molecule has 3 aromatic rings. The second-order valence-electron chi connectivity index (χ2n) is 4.32. The second-order valence-corrected chi connectivity index (χ2v) is 5.19. The van der Waals surface area contributed by atoms with Crippen LogP contribution >= 0.6 is 11.3 Å². The van der Waals surface area contributed by atoms with Gasteiger partial charge < -0.3 is 9.47 Å². The van der Waals surface area contributed by atoms with Gasteiger partial charge in [0.25, 0.3) is 0 Å². The molecule has 0 amide bonds. The summed E-state index contributed by atoms with van der Waals surface area (Å²) < 4.78 is 13.2. The monoisotopic (exact) mass is 299 g/mol. The van der Waals surface area contributed by atoms with Gasteiger partial charge in [0.2, 0.25) is 0 Å². The number of benzene rings is 1. The van der Waals surface area contributed by atoms with Crippen molar-refractivity contribution in [1.29, 1.82) is 5.26 Å². The maximum atomic E-state index is 8.93. The lowest BCUT2D eigenvalue weighted by atomic mass is 10.2. The SMILES string of the molecule is CCOc1cc(C#N)ccc1OCc1cn2ccsc2n1. The van der Waals surface area contributed by atoms with Gasteiger partial charge in [0, 0.05) is 23.8 Å². The Balaban J connectivity index is 1.77. The minimum atomic E-state index is 0.361. The van der Waals surface area contributed by atoms with E-state index < -0.39 is 0 Å². The van der Waals surface area contributed by atoms with Crippen molar-refractivity contribution in [2.75, 3.05) is 6.61 Å². The molecule has 0 fully saturated rings. The molecule has 2 aromatic heterocycles. The molecule has 0 saturated heterocycles. The van der Waals surface area contributed by atoms with Gasteiger partial charge in [-0.15, -0.1) is 11.3 Å². The van der Waals surface area contributed by atoms with Crippen LogP contribution in [-0.2, 0) is 6.61 Å².